The first-order chi connectivity index (χ1) is 9.94. The molecule has 0 unspecified atom stereocenters. The number of imidazole rings is 1. The fourth-order valence-corrected chi connectivity index (χ4v) is 2.77. The van der Waals surface area contributed by atoms with E-state index in [1.54, 1.807) is 6.20 Å². The molecule has 0 aliphatic heterocycles. The average Bonchev–Trinajstić information content (AvgIpc) is 2.97. The van der Waals surface area contributed by atoms with Gasteiger partial charge < -0.3 is 15.5 Å². The molecule has 4 N–H and O–H groups in total. The van der Waals surface area contributed by atoms with Gasteiger partial charge in [-0.15, -0.1) is 0 Å². The van der Waals surface area contributed by atoms with Crippen LogP contribution in [0.1, 0.15) is 16.2 Å². The summed E-state index contributed by atoms with van der Waals surface area (Å²) in [6, 6.07) is 3.85. The summed E-state index contributed by atoms with van der Waals surface area (Å²) < 4.78 is 31.2. The van der Waals surface area contributed by atoms with E-state index < -0.39 is 16.0 Å². The predicted molar refractivity (Wildman–Crippen MR) is 74.8 cm³/mol. The maximum absolute atomic E-state index is 12.1. The molecule has 0 amide bonds. The molecule has 112 valence electrons. The van der Waals surface area contributed by atoms with Gasteiger partial charge in [0.2, 0.25) is 10.0 Å². The third-order valence-electron chi connectivity index (χ3n) is 2.70. The second-order valence-electron chi connectivity index (χ2n) is 4.10. The topological polar surface area (TPSA) is 127 Å². The van der Waals surface area contributed by atoms with Crippen molar-refractivity contribution in [2.45, 2.75) is 11.4 Å². The highest BCUT2D eigenvalue weighted by Crippen LogP contribution is 2.20. The number of esters is 1. The second-order valence-corrected chi connectivity index (χ2v) is 5.84. The highest BCUT2D eigenvalue weighted by molar-refractivity contribution is 7.89. The van der Waals surface area contributed by atoms with Crippen LogP contribution in [0.4, 0.5) is 5.69 Å². The van der Waals surface area contributed by atoms with Gasteiger partial charge in [-0.25, -0.2) is 22.9 Å². The summed E-state index contributed by atoms with van der Waals surface area (Å²) in [5, 5.41) is 0. The molecule has 21 heavy (non-hydrogen) atoms. The number of nitrogens with two attached hydrogens (primary N) is 1. The van der Waals surface area contributed by atoms with Gasteiger partial charge in [-0.2, -0.15) is 0 Å². The Hall–Kier alpha value is -2.39. The molecule has 0 atom stereocenters. The van der Waals surface area contributed by atoms with Crippen molar-refractivity contribution in [2.75, 3.05) is 12.8 Å². The number of aromatic amines is 1. The Morgan fingerprint density at radius 3 is 2.81 bits per heavy atom. The number of nitrogens with zero attached hydrogens (tertiary/aromatic N) is 1. The number of sulfonamides is 1. The predicted octanol–water partition coefficient (Wildman–Crippen LogP) is 0.257. The Kier molecular flexibility index (Phi) is 4.24. The summed E-state index contributed by atoms with van der Waals surface area (Å²) in [4.78, 5) is 17.9. The van der Waals surface area contributed by atoms with Gasteiger partial charge in [0.25, 0.3) is 0 Å². The molecule has 2 rings (SSSR count). The SMILES string of the molecule is COC(=O)c1ccc(S(=O)(=O)NCc2ncc[nH]2)c(N)c1. The molecule has 0 saturated carbocycles. The van der Waals surface area contributed by atoms with Crippen molar-refractivity contribution in [3.8, 4) is 0 Å². The standard InChI is InChI=1S/C12H14N4O4S/c1-20-12(17)8-2-3-10(9(13)6-8)21(18,19)16-7-11-14-4-5-15-11/h2-6,16H,7,13H2,1H3,(H,14,15). The zero-order valence-corrected chi connectivity index (χ0v) is 12.0. The van der Waals surface area contributed by atoms with Crippen molar-refractivity contribution in [1.29, 1.82) is 0 Å². The number of nitrogen functional groups attached to an aromatic ring is 1. The van der Waals surface area contributed by atoms with Crippen LogP contribution in [0, 0.1) is 0 Å². The Morgan fingerprint density at radius 1 is 1.48 bits per heavy atom. The summed E-state index contributed by atoms with van der Waals surface area (Å²) >= 11 is 0. The maximum atomic E-state index is 12.1. The lowest BCUT2D eigenvalue weighted by Gasteiger charge is -2.09. The van der Waals surface area contributed by atoms with Gasteiger partial charge in [0.05, 0.1) is 24.9 Å². The number of H-pyrrole nitrogens is 1. The number of aromatic nitrogens is 2. The Balaban J connectivity index is 2.21. The van der Waals surface area contributed by atoms with Crippen LogP contribution >= 0.6 is 0 Å². The molecule has 0 aliphatic carbocycles. The van der Waals surface area contributed by atoms with Crippen molar-refractivity contribution in [2.24, 2.45) is 0 Å². The lowest BCUT2D eigenvalue weighted by atomic mass is 10.2. The molecule has 1 heterocycles. The third kappa shape index (κ3) is 3.38. The monoisotopic (exact) mass is 310 g/mol. The van der Waals surface area contributed by atoms with Crippen molar-refractivity contribution < 1.29 is 17.9 Å². The van der Waals surface area contributed by atoms with Crippen LogP contribution in [0.15, 0.2) is 35.5 Å². The largest absolute Gasteiger partial charge is 0.465 e. The molecule has 1 aromatic carbocycles. The van der Waals surface area contributed by atoms with Crippen LogP contribution < -0.4 is 10.5 Å². The first kappa shape index (κ1) is 15.0. The molecule has 1 aromatic heterocycles. The third-order valence-corrected chi connectivity index (χ3v) is 4.18. The number of carbonyl (C=O) groups is 1. The lowest BCUT2D eigenvalue weighted by molar-refractivity contribution is 0.0600. The number of hydrogen-bond donors (Lipinski definition) is 3. The number of carbonyl (C=O) groups excluding carboxylic acids is 1. The second kappa shape index (κ2) is 5.94. The van der Waals surface area contributed by atoms with E-state index >= 15 is 0 Å². The van der Waals surface area contributed by atoms with Gasteiger partial charge in [0.1, 0.15) is 10.7 Å². The van der Waals surface area contributed by atoms with E-state index in [0.29, 0.717) is 5.82 Å². The van der Waals surface area contributed by atoms with E-state index in [2.05, 4.69) is 19.4 Å². The summed E-state index contributed by atoms with van der Waals surface area (Å²) in [5.74, 6) is -0.113. The number of nitrogens with one attached hydrogen (secondary N) is 2. The first-order valence-electron chi connectivity index (χ1n) is 5.90. The summed E-state index contributed by atoms with van der Waals surface area (Å²) in [6.45, 7) is 0.00747. The molecule has 0 aliphatic rings. The lowest BCUT2D eigenvalue weighted by Crippen LogP contribution is -2.24. The molecule has 0 bridgehead atoms. The van der Waals surface area contributed by atoms with Crippen molar-refractivity contribution in [1.82, 2.24) is 14.7 Å². The van der Waals surface area contributed by atoms with E-state index in [-0.39, 0.29) is 22.7 Å². The number of ether oxygens (including phenoxy) is 1. The summed E-state index contributed by atoms with van der Waals surface area (Å²) in [5.41, 5.74) is 5.84. The van der Waals surface area contributed by atoms with E-state index in [4.69, 9.17) is 5.73 Å². The minimum Gasteiger partial charge on any atom is -0.465 e. The Labute approximate surface area is 121 Å². The van der Waals surface area contributed by atoms with Crippen LogP contribution in [0.2, 0.25) is 0 Å². The molecule has 9 heteroatoms. The van der Waals surface area contributed by atoms with Gasteiger partial charge in [-0.05, 0) is 18.2 Å². The van der Waals surface area contributed by atoms with Gasteiger partial charge in [-0.3, -0.25) is 0 Å². The molecule has 0 fully saturated rings. The maximum Gasteiger partial charge on any atom is 0.337 e. The number of methoxy groups -OCH3 is 1. The number of hydrogen-bond acceptors (Lipinski definition) is 6. The fourth-order valence-electron chi connectivity index (χ4n) is 1.67. The Bertz CT molecular complexity index is 741. The normalized spacial score (nSPS) is 11.3. The minimum absolute atomic E-state index is 0.00747. The molecule has 2 aromatic rings. The minimum atomic E-state index is -3.80. The molecule has 0 saturated heterocycles. The van der Waals surface area contributed by atoms with Gasteiger partial charge in [0.15, 0.2) is 0 Å². The van der Waals surface area contributed by atoms with Gasteiger partial charge in [0, 0.05) is 12.4 Å². The van der Waals surface area contributed by atoms with Crippen LogP contribution in [-0.2, 0) is 21.3 Å². The first-order valence-corrected chi connectivity index (χ1v) is 7.38. The number of benzene rings is 1. The molecule has 8 nitrogen and oxygen atoms in total. The van der Waals surface area contributed by atoms with Crippen molar-refractivity contribution >= 4 is 21.7 Å². The zero-order valence-electron chi connectivity index (χ0n) is 11.2. The van der Waals surface area contributed by atoms with Gasteiger partial charge >= 0.3 is 5.97 Å². The average molecular weight is 310 g/mol. The van der Waals surface area contributed by atoms with E-state index in [0.717, 1.165) is 0 Å². The number of rotatable bonds is 5. The van der Waals surface area contributed by atoms with Crippen LogP contribution in [0.25, 0.3) is 0 Å². The quantitative estimate of drug-likeness (QED) is 0.537. The van der Waals surface area contributed by atoms with E-state index in [9.17, 15) is 13.2 Å². The summed E-state index contributed by atoms with van der Waals surface area (Å²) in [6.07, 6.45) is 3.10. The van der Waals surface area contributed by atoms with E-state index in [1.807, 2.05) is 0 Å². The van der Waals surface area contributed by atoms with Crippen LogP contribution in [-0.4, -0.2) is 31.5 Å². The Morgan fingerprint density at radius 2 is 2.24 bits per heavy atom. The van der Waals surface area contributed by atoms with E-state index in [1.165, 1.54) is 31.5 Å². The molecule has 0 radical (unpaired) electrons. The molecule has 0 spiro atoms. The highest BCUT2D eigenvalue weighted by atomic mass is 32.2. The van der Waals surface area contributed by atoms with Crippen LogP contribution in [0.3, 0.4) is 0 Å². The zero-order chi connectivity index (χ0) is 15.5. The molecular formula is C12H14N4O4S. The van der Waals surface area contributed by atoms with Crippen LogP contribution in [0.5, 0.6) is 0 Å². The number of anilines is 1. The molecular weight excluding hydrogens is 296 g/mol. The van der Waals surface area contributed by atoms with Crippen molar-refractivity contribution in [3.63, 3.8) is 0 Å². The highest BCUT2D eigenvalue weighted by Gasteiger charge is 2.19. The summed E-state index contributed by atoms with van der Waals surface area (Å²) in [7, 11) is -2.57. The fraction of sp³-hybridized carbons (Fsp3) is 0.167. The smallest absolute Gasteiger partial charge is 0.337 e. The van der Waals surface area contributed by atoms with Gasteiger partial charge in [-0.1, -0.05) is 0 Å². The van der Waals surface area contributed by atoms with Crippen molar-refractivity contribution in [3.05, 3.63) is 42.0 Å².